The van der Waals surface area contributed by atoms with Crippen LogP contribution in [0.25, 0.3) is 0 Å². The highest BCUT2D eigenvalue weighted by atomic mass is 16.8. The Balaban J connectivity index is 0.822. The molecule has 6 saturated heterocycles. The Morgan fingerprint density at radius 3 is 2.21 bits per heavy atom. The van der Waals surface area contributed by atoms with Crippen LogP contribution < -0.4 is 0 Å². The van der Waals surface area contributed by atoms with E-state index in [4.69, 9.17) is 56.8 Å². The summed E-state index contributed by atoms with van der Waals surface area (Å²) in [5, 5.41) is 22.1. The van der Waals surface area contributed by atoms with Gasteiger partial charge in [0.2, 0.25) is 0 Å². The third-order valence-corrected chi connectivity index (χ3v) is 15.3. The summed E-state index contributed by atoms with van der Waals surface area (Å²) < 4.78 is 74.7. The molecule has 1 spiro atoms. The number of aliphatic hydroxyl groups excluding tert-OH is 2. The monoisotopic (exact) mass is 792 g/mol. The second-order valence-corrected chi connectivity index (χ2v) is 18.4. The van der Waals surface area contributed by atoms with Gasteiger partial charge in [0, 0.05) is 34.2 Å². The van der Waals surface area contributed by atoms with Gasteiger partial charge in [-0.3, -0.25) is 0 Å². The summed E-state index contributed by atoms with van der Waals surface area (Å²) in [6, 6.07) is 0. The minimum Gasteiger partial charge on any atom is -0.491 e. The molecule has 9 aliphatic rings. The molecule has 0 aromatic carbocycles. The molecule has 6 heterocycles. The van der Waals surface area contributed by atoms with Gasteiger partial charge in [-0.2, -0.15) is 0 Å². The van der Waals surface area contributed by atoms with Crippen LogP contribution in [0.4, 0.5) is 0 Å². The van der Waals surface area contributed by atoms with Crippen molar-refractivity contribution in [3.63, 3.8) is 0 Å². The van der Waals surface area contributed by atoms with E-state index >= 15 is 0 Å². The third-order valence-electron chi connectivity index (χ3n) is 15.3. The van der Waals surface area contributed by atoms with Gasteiger partial charge in [-0.15, -0.1) is 0 Å². The van der Waals surface area contributed by atoms with Crippen molar-refractivity contribution < 1.29 is 67.1 Å². The van der Waals surface area contributed by atoms with Crippen molar-refractivity contribution in [2.75, 3.05) is 34.5 Å². The highest BCUT2D eigenvalue weighted by Gasteiger charge is 2.72. The molecule has 0 aromatic rings. The molecule has 0 aromatic heterocycles. The molecule has 316 valence electrons. The van der Waals surface area contributed by atoms with Crippen molar-refractivity contribution in [3.8, 4) is 0 Å². The van der Waals surface area contributed by atoms with Crippen LogP contribution in [-0.2, 0) is 56.8 Å². The third kappa shape index (κ3) is 6.39. The molecule has 3 aliphatic carbocycles. The van der Waals surface area contributed by atoms with Crippen molar-refractivity contribution >= 4 is 0 Å². The van der Waals surface area contributed by atoms with Gasteiger partial charge in [0.25, 0.3) is 0 Å². The lowest BCUT2D eigenvalue weighted by Gasteiger charge is -2.52. The number of allylic oxidation sites excluding steroid dienone is 2. The van der Waals surface area contributed by atoms with Gasteiger partial charge >= 0.3 is 0 Å². The number of hydrogen-bond acceptors (Lipinski definition) is 14. The molecule has 9 rings (SSSR count). The van der Waals surface area contributed by atoms with Crippen LogP contribution >= 0.6 is 0 Å². The average molecular weight is 793 g/mol. The molecule has 7 fully saturated rings. The molecule has 1 saturated carbocycles. The first-order valence-electron chi connectivity index (χ1n) is 21.1. The summed E-state index contributed by atoms with van der Waals surface area (Å²) in [6.45, 7) is 11.5. The zero-order valence-corrected chi connectivity index (χ0v) is 34.3. The van der Waals surface area contributed by atoms with Crippen LogP contribution in [0.15, 0.2) is 23.0 Å². The second-order valence-electron chi connectivity index (χ2n) is 18.4. The first kappa shape index (κ1) is 40.2. The first-order valence-corrected chi connectivity index (χ1v) is 21.1. The molecule has 6 aliphatic heterocycles. The van der Waals surface area contributed by atoms with Crippen LogP contribution in [-0.4, -0.2) is 143 Å². The maximum atomic E-state index is 11.7. The number of aliphatic hydroxyl groups is 2. The molecule has 0 radical (unpaired) electrons. The minimum absolute atomic E-state index is 0.0354. The van der Waals surface area contributed by atoms with Crippen LogP contribution in [0.5, 0.6) is 0 Å². The number of ether oxygens (including phenoxy) is 12. The molecule has 20 atom stereocenters. The lowest BCUT2D eigenvalue weighted by Crippen LogP contribution is -2.61. The van der Waals surface area contributed by atoms with Gasteiger partial charge in [-0.05, 0) is 83.1 Å². The number of methoxy groups -OCH3 is 3. The van der Waals surface area contributed by atoms with Crippen molar-refractivity contribution in [1.29, 1.82) is 0 Å². The van der Waals surface area contributed by atoms with E-state index in [0.29, 0.717) is 32.0 Å². The van der Waals surface area contributed by atoms with Crippen molar-refractivity contribution in [2.24, 2.45) is 22.7 Å². The fourth-order valence-corrected chi connectivity index (χ4v) is 12.3. The van der Waals surface area contributed by atoms with Crippen molar-refractivity contribution in [2.45, 2.75) is 184 Å². The van der Waals surface area contributed by atoms with E-state index in [2.05, 4.69) is 19.9 Å². The van der Waals surface area contributed by atoms with E-state index in [1.807, 2.05) is 13.8 Å². The normalized spacial score (nSPS) is 53.8. The Kier molecular flexibility index (Phi) is 10.8. The predicted molar refractivity (Wildman–Crippen MR) is 197 cm³/mol. The van der Waals surface area contributed by atoms with Crippen molar-refractivity contribution in [3.05, 3.63) is 23.0 Å². The fourth-order valence-electron chi connectivity index (χ4n) is 12.3. The van der Waals surface area contributed by atoms with E-state index in [1.54, 1.807) is 28.3 Å². The molecule has 0 bridgehead atoms. The summed E-state index contributed by atoms with van der Waals surface area (Å²) in [6.07, 6.45) is 1.14. The molecular weight excluding hydrogens is 728 g/mol. The zero-order valence-electron chi connectivity index (χ0n) is 34.3. The zero-order chi connectivity index (χ0) is 39.3. The Morgan fingerprint density at radius 2 is 1.46 bits per heavy atom. The summed E-state index contributed by atoms with van der Waals surface area (Å²) in [7, 11) is 4.79. The molecule has 14 heteroatoms. The van der Waals surface area contributed by atoms with Gasteiger partial charge in [-0.25, -0.2) is 0 Å². The van der Waals surface area contributed by atoms with E-state index in [0.717, 1.165) is 38.5 Å². The van der Waals surface area contributed by atoms with E-state index in [-0.39, 0.29) is 35.1 Å². The second kappa shape index (κ2) is 15.0. The molecular formula is C42H64O14. The van der Waals surface area contributed by atoms with Gasteiger partial charge in [-0.1, -0.05) is 18.6 Å². The lowest BCUT2D eigenvalue weighted by molar-refractivity contribution is -0.353. The predicted octanol–water partition coefficient (Wildman–Crippen LogP) is 3.89. The maximum Gasteiger partial charge on any atom is 0.186 e. The van der Waals surface area contributed by atoms with Gasteiger partial charge in [0.1, 0.15) is 42.4 Å². The Labute approximate surface area is 330 Å². The minimum atomic E-state index is -1.08. The number of rotatable bonds is 9. The standard InChI is InChI=1S/C42H64O14/c1-20-32(43)27(45-6)16-30(50-20)55-34-21(2)51-31(17-28(34)46-7)56-35-22(3)52-39(33(44)36(35)47-8)53-24-11-13-40(4)23(15-24)9-10-25-26(40)12-14-42-19-49-41(5)37(42)29(18-48-41)54-38(25)42/h9,20-22,24,26-37,39,43-44H,10-19H2,1-8H3/t20-,21-,22+,24-,26?,27-,28-,29+,30+,31-,32+,33+,34+,35+,36+,37+,39-,40-,41+,42-/m0/s1. The summed E-state index contributed by atoms with van der Waals surface area (Å²) in [5.41, 5.74) is 2.90. The van der Waals surface area contributed by atoms with E-state index in [1.165, 1.54) is 16.9 Å². The number of fused-ring (bicyclic) bond motifs is 3. The van der Waals surface area contributed by atoms with Crippen LogP contribution in [0.3, 0.4) is 0 Å². The highest BCUT2D eigenvalue weighted by Crippen LogP contribution is 2.69. The van der Waals surface area contributed by atoms with Crippen molar-refractivity contribution in [1.82, 2.24) is 0 Å². The Hall–Kier alpha value is -1.24. The van der Waals surface area contributed by atoms with E-state index < -0.39 is 79.6 Å². The smallest absolute Gasteiger partial charge is 0.186 e. The van der Waals surface area contributed by atoms with Gasteiger partial charge < -0.3 is 67.1 Å². The highest BCUT2D eigenvalue weighted by molar-refractivity contribution is 5.40. The van der Waals surface area contributed by atoms with E-state index in [9.17, 15) is 10.2 Å². The quantitative estimate of drug-likeness (QED) is 0.325. The maximum absolute atomic E-state index is 11.7. The van der Waals surface area contributed by atoms with Crippen LogP contribution in [0, 0.1) is 22.7 Å². The summed E-state index contributed by atoms with van der Waals surface area (Å²) in [5.74, 6) is 1.39. The molecule has 1 unspecified atom stereocenters. The Bertz CT molecular complexity index is 1520. The van der Waals surface area contributed by atoms with Gasteiger partial charge in [0.15, 0.2) is 24.7 Å². The van der Waals surface area contributed by atoms with Crippen LogP contribution in [0.1, 0.15) is 86.0 Å². The lowest BCUT2D eigenvalue weighted by atomic mass is 9.52. The molecule has 0 amide bonds. The first-order chi connectivity index (χ1) is 26.8. The largest absolute Gasteiger partial charge is 0.491 e. The Morgan fingerprint density at radius 1 is 0.750 bits per heavy atom. The van der Waals surface area contributed by atoms with Gasteiger partial charge in [0.05, 0.1) is 61.2 Å². The molecule has 56 heavy (non-hydrogen) atoms. The topological polar surface area (TPSA) is 151 Å². The molecule has 14 nitrogen and oxygen atoms in total. The SMILES string of the molecule is CO[C@@H]1[C@@H](O)[C@H](O[C@H]2CC[C@@]3(C)C(=CCC4=C5O[C@@H]6CO[C@]7(C)OC[C@@]5(CCC43)[C@H]67)C2)O[C@H](C)[C@H]1O[C@H]1C[C@H](OC)[C@H](O[C@@H]2C[C@H](OC)[C@H](O)[C@H](C)O2)[C@H](C)O1. The molecule has 2 N–H and O–H groups in total. The summed E-state index contributed by atoms with van der Waals surface area (Å²) >= 11 is 0. The number of hydrogen-bond donors (Lipinski definition) is 2. The fraction of sp³-hybridized carbons (Fsp3) is 0.905. The summed E-state index contributed by atoms with van der Waals surface area (Å²) in [4.78, 5) is 0. The average Bonchev–Trinajstić information content (AvgIpc) is 3.81. The van der Waals surface area contributed by atoms with Crippen LogP contribution in [0.2, 0.25) is 0 Å².